The lowest BCUT2D eigenvalue weighted by atomic mass is 10.2. The van der Waals surface area contributed by atoms with Gasteiger partial charge in [0.2, 0.25) is 5.91 Å². The van der Waals surface area contributed by atoms with Gasteiger partial charge in [-0.05, 0) is 17.7 Å². The van der Waals surface area contributed by atoms with Crippen LogP contribution in [0.15, 0.2) is 51.7 Å². The molecule has 0 aliphatic heterocycles. The fourth-order valence-corrected chi connectivity index (χ4v) is 3.55. The monoisotopic (exact) mass is 408 g/mol. The van der Waals surface area contributed by atoms with E-state index in [1.807, 2.05) is 47.5 Å². The van der Waals surface area contributed by atoms with Crippen molar-refractivity contribution >= 4 is 50.1 Å². The highest BCUT2D eigenvalue weighted by atomic mass is 79.9. The Labute approximate surface area is 150 Å². The van der Waals surface area contributed by atoms with E-state index in [0.717, 1.165) is 20.9 Å². The predicted octanol–water partition coefficient (Wildman–Crippen LogP) is 4.04. The first-order valence-electron chi connectivity index (χ1n) is 6.73. The molecule has 0 fully saturated rings. The summed E-state index contributed by atoms with van der Waals surface area (Å²) in [5.74, 6) is 0.211. The van der Waals surface area contributed by atoms with Gasteiger partial charge in [0.25, 0.3) is 0 Å². The molecule has 0 bridgehead atoms. The van der Waals surface area contributed by atoms with Crippen LogP contribution >= 0.6 is 39.0 Å². The number of carbonyl (C=O) groups excluding carboxylic acids is 1. The number of nitrogens with zero attached hydrogens (tertiary/aromatic N) is 3. The van der Waals surface area contributed by atoms with Crippen molar-refractivity contribution in [2.24, 2.45) is 7.05 Å². The molecule has 0 spiro atoms. The first kappa shape index (κ1) is 16.2. The molecule has 8 heteroatoms. The minimum Gasteiger partial charge on any atom is -0.322 e. The summed E-state index contributed by atoms with van der Waals surface area (Å²) in [6, 6.07) is 8.06. The van der Waals surface area contributed by atoms with E-state index in [2.05, 4.69) is 31.2 Å². The second-order valence-corrected chi connectivity index (χ2v) is 7.42. The van der Waals surface area contributed by atoms with Crippen molar-refractivity contribution in [3.63, 3.8) is 0 Å². The van der Waals surface area contributed by atoms with Crippen LogP contribution in [0.3, 0.4) is 0 Å². The van der Waals surface area contributed by atoms with Crippen LogP contribution in [0.4, 0.5) is 5.13 Å². The Morgan fingerprint density at radius 2 is 2.13 bits per heavy atom. The second-order valence-electron chi connectivity index (χ2n) is 4.67. The number of thiazole rings is 1. The fourth-order valence-electron chi connectivity index (χ4n) is 1.99. The zero-order valence-electron chi connectivity index (χ0n) is 12.2. The van der Waals surface area contributed by atoms with E-state index >= 15 is 0 Å². The number of thioether (sulfide) groups is 1. The van der Waals surface area contributed by atoms with Gasteiger partial charge in [0, 0.05) is 23.1 Å². The number of imidazole rings is 1. The highest BCUT2D eigenvalue weighted by Gasteiger charge is 2.11. The van der Waals surface area contributed by atoms with Crippen molar-refractivity contribution in [1.29, 1.82) is 0 Å². The molecule has 1 amide bonds. The fraction of sp³-hybridized carbons (Fsp3) is 0.133. The third kappa shape index (κ3) is 4.01. The van der Waals surface area contributed by atoms with E-state index in [-0.39, 0.29) is 5.91 Å². The van der Waals surface area contributed by atoms with E-state index in [0.29, 0.717) is 10.9 Å². The first-order valence-corrected chi connectivity index (χ1v) is 9.39. The van der Waals surface area contributed by atoms with E-state index in [1.54, 1.807) is 6.20 Å². The van der Waals surface area contributed by atoms with Crippen LogP contribution in [0, 0.1) is 0 Å². The molecule has 1 aromatic carbocycles. The van der Waals surface area contributed by atoms with Gasteiger partial charge >= 0.3 is 0 Å². The summed E-state index contributed by atoms with van der Waals surface area (Å²) in [4.78, 5) is 20.3. The molecule has 2 heterocycles. The molecule has 118 valence electrons. The highest BCUT2D eigenvalue weighted by molar-refractivity contribution is 9.10. The molecule has 5 nitrogen and oxygen atoms in total. The normalized spacial score (nSPS) is 10.7. The molecule has 0 radical (unpaired) electrons. The number of halogens is 1. The number of rotatable bonds is 5. The minimum atomic E-state index is -0.0851. The average molecular weight is 409 g/mol. The number of hydrogen-bond donors (Lipinski definition) is 1. The van der Waals surface area contributed by atoms with Crippen molar-refractivity contribution in [2.45, 2.75) is 5.16 Å². The van der Waals surface area contributed by atoms with Crippen molar-refractivity contribution in [2.75, 3.05) is 11.1 Å². The molecule has 2 aromatic heterocycles. The van der Waals surface area contributed by atoms with Gasteiger partial charge < -0.3 is 9.88 Å². The maximum Gasteiger partial charge on any atom is 0.236 e. The van der Waals surface area contributed by atoms with Gasteiger partial charge in [-0.3, -0.25) is 4.79 Å². The summed E-state index contributed by atoms with van der Waals surface area (Å²) in [5.41, 5.74) is 2.10. The predicted molar refractivity (Wildman–Crippen MR) is 97.8 cm³/mol. The van der Waals surface area contributed by atoms with Crippen molar-refractivity contribution in [3.8, 4) is 11.3 Å². The maximum absolute atomic E-state index is 11.9. The van der Waals surface area contributed by atoms with Crippen molar-refractivity contribution in [3.05, 3.63) is 46.5 Å². The lowest BCUT2D eigenvalue weighted by Gasteiger charge is -2.06. The molecule has 0 saturated carbocycles. The van der Waals surface area contributed by atoms with Gasteiger partial charge in [-0.15, -0.1) is 11.3 Å². The zero-order chi connectivity index (χ0) is 16.2. The van der Waals surface area contributed by atoms with Crippen molar-refractivity contribution < 1.29 is 4.79 Å². The number of anilines is 1. The SMILES string of the molecule is Cn1c(-c2ccc(Br)cc2)cnc1SCC(=O)Nc1nccs1. The molecule has 0 aliphatic carbocycles. The van der Waals surface area contributed by atoms with Gasteiger partial charge in [-0.25, -0.2) is 9.97 Å². The molecule has 0 aliphatic rings. The van der Waals surface area contributed by atoms with E-state index in [4.69, 9.17) is 0 Å². The first-order chi connectivity index (χ1) is 11.1. The van der Waals surface area contributed by atoms with Crippen LogP contribution in [0.5, 0.6) is 0 Å². The molecule has 3 rings (SSSR count). The Balaban J connectivity index is 1.65. The Bertz CT molecular complexity index is 800. The van der Waals surface area contributed by atoms with Gasteiger partial charge in [-0.1, -0.05) is 39.8 Å². The maximum atomic E-state index is 11.9. The van der Waals surface area contributed by atoms with Gasteiger partial charge in [-0.2, -0.15) is 0 Å². The Kier molecular flexibility index (Phi) is 5.14. The molecule has 23 heavy (non-hydrogen) atoms. The molecule has 3 aromatic rings. The number of carbonyl (C=O) groups is 1. The van der Waals surface area contributed by atoms with E-state index in [1.165, 1.54) is 23.1 Å². The van der Waals surface area contributed by atoms with Gasteiger partial charge in [0.05, 0.1) is 17.6 Å². The van der Waals surface area contributed by atoms with Crippen LogP contribution in [0.25, 0.3) is 11.3 Å². The minimum absolute atomic E-state index is 0.0851. The average Bonchev–Trinajstić information content (AvgIpc) is 3.16. The number of benzene rings is 1. The van der Waals surface area contributed by atoms with E-state index < -0.39 is 0 Å². The Morgan fingerprint density at radius 1 is 1.35 bits per heavy atom. The molecule has 0 saturated heterocycles. The second kappa shape index (κ2) is 7.29. The Hall–Kier alpha value is -1.64. The molecule has 0 unspecified atom stereocenters. The zero-order valence-corrected chi connectivity index (χ0v) is 15.4. The number of nitrogens with one attached hydrogen (secondary N) is 1. The van der Waals surface area contributed by atoms with Crippen LogP contribution in [-0.2, 0) is 11.8 Å². The largest absolute Gasteiger partial charge is 0.322 e. The number of amides is 1. The van der Waals surface area contributed by atoms with Crippen LogP contribution in [0.2, 0.25) is 0 Å². The lowest BCUT2D eigenvalue weighted by Crippen LogP contribution is -2.14. The summed E-state index contributed by atoms with van der Waals surface area (Å²) < 4.78 is 3.03. The third-order valence-corrected chi connectivity index (χ3v) is 5.36. The summed E-state index contributed by atoms with van der Waals surface area (Å²) >= 11 is 6.24. The molecular formula is C15H13BrN4OS2. The molecular weight excluding hydrogens is 396 g/mol. The summed E-state index contributed by atoms with van der Waals surface area (Å²) in [6.07, 6.45) is 3.49. The summed E-state index contributed by atoms with van der Waals surface area (Å²) in [5, 5.41) is 6.01. The third-order valence-electron chi connectivity index (χ3n) is 3.10. The molecule has 0 atom stereocenters. The van der Waals surface area contributed by atoms with Crippen molar-refractivity contribution in [1.82, 2.24) is 14.5 Å². The summed E-state index contributed by atoms with van der Waals surface area (Å²) in [7, 11) is 1.95. The highest BCUT2D eigenvalue weighted by Crippen LogP contribution is 2.26. The van der Waals surface area contributed by atoms with Crippen LogP contribution in [-0.4, -0.2) is 26.2 Å². The Morgan fingerprint density at radius 3 is 2.83 bits per heavy atom. The quantitative estimate of drug-likeness (QED) is 0.647. The van der Waals surface area contributed by atoms with Crippen LogP contribution < -0.4 is 5.32 Å². The van der Waals surface area contributed by atoms with E-state index in [9.17, 15) is 4.79 Å². The number of aromatic nitrogens is 3. The molecule has 1 N–H and O–H groups in total. The number of hydrogen-bond acceptors (Lipinski definition) is 5. The van der Waals surface area contributed by atoms with Crippen LogP contribution in [0.1, 0.15) is 0 Å². The van der Waals surface area contributed by atoms with Gasteiger partial charge in [0.1, 0.15) is 0 Å². The topological polar surface area (TPSA) is 59.8 Å². The standard InChI is InChI=1S/C15H13BrN4OS2/c1-20-12(10-2-4-11(16)5-3-10)8-18-15(20)23-9-13(21)19-14-17-6-7-22-14/h2-8H,9H2,1H3,(H,17,19,21). The van der Waals surface area contributed by atoms with Gasteiger partial charge in [0.15, 0.2) is 10.3 Å². The lowest BCUT2D eigenvalue weighted by molar-refractivity contribution is -0.113. The smallest absolute Gasteiger partial charge is 0.236 e. The summed E-state index contributed by atoms with van der Waals surface area (Å²) in [6.45, 7) is 0.